The molecule has 1 aliphatic rings. The molecule has 1 atom stereocenters. The molecule has 3 N–H and O–H groups in total. The normalized spacial score (nSPS) is 17.1. The maximum atomic E-state index is 12.0. The number of ether oxygens (including phenoxy) is 1. The van der Waals surface area contributed by atoms with Crippen LogP contribution in [0.5, 0.6) is 0 Å². The summed E-state index contributed by atoms with van der Waals surface area (Å²) in [6, 6.07) is 5.74. The van der Waals surface area contributed by atoms with Crippen LogP contribution >= 0.6 is 0 Å². The van der Waals surface area contributed by atoms with E-state index in [2.05, 4.69) is 17.2 Å². The number of hydrogen-bond acceptors (Lipinski definition) is 3. The first-order valence-corrected chi connectivity index (χ1v) is 7.40. The summed E-state index contributed by atoms with van der Waals surface area (Å²) in [6.45, 7) is 3.15. The quantitative estimate of drug-likeness (QED) is 0.834. The second-order valence-corrected chi connectivity index (χ2v) is 5.26. The number of aryl methyl sites for hydroxylation is 1. The van der Waals surface area contributed by atoms with Gasteiger partial charge in [-0.15, -0.1) is 0 Å². The Hall–Kier alpha value is -1.83. The fraction of sp³-hybridized carbons (Fsp3) is 0.471. The third-order valence-electron chi connectivity index (χ3n) is 3.56. The lowest BCUT2D eigenvalue weighted by molar-refractivity contribution is -0.116. The Balaban J connectivity index is 1.90. The molecular weight excluding hydrogens is 264 g/mol. The predicted octanol–water partition coefficient (Wildman–Crippen LogP) is 2.20. The topological polar surface area (TPSA) is 64.3 Å². The summed E-state index contributed by atoms with van der Waals surface area (Å²) in [7, 11) is 0. The minimum Gasteiger partial charge on any atom is -0.378 e. The smallest absolute Gasteiger partial charge is 0.224 e. The first-order chi connectivity index (χ1) is 10.2. The molecule has 21 heavy (non-hydrogen) atoms. The van der Waals surface area contributed by atoms with Gasteiger partial charge < -0.3 is 15.8 Å². The van der Waals surface area contributed by atoms with Crippen LogP contribution in [-0.2, 0) is 9.53 Å². The molecule has 1 saturated heterocycles. The van der Waals surface area contributed by atoms with Gasteiger partial charge in [-0.2, -0.15) is 0 Å². The molecule has 0 spiro atoms. The maximum absolute atomic E-state index is 12.0. The Morgan fingerprint density at radius 1 is 1.52 bits per heavy atom. The van der Waals surface area contributed by atoms with Crippen LogP contribution in [0.4, 0.5) is 5.69 Å². The highest BCUT2D eigenvalue weighted by atomic mass is 16.5. The average Bonchev–Trinajstić information content (AvgIpc) is 2.99. The highest BCUT2D eigenvalue weighted by Gasteiger charge is 2.16. The van der Waals surface area contributed by atoms with Crippen molar-refractivity contribution in [3.8, 4) is 11.8 Å². The molecule has 1 aliphatic heterocycles. The fourth-order valence-corrected chi connectivity index (χ4v) is 2.37. The van der Waals surface area contributed by atoms with Gasteiger partial charge in [0.15, 0.2) is 0 Å². The SMILES string of the molecule is Cc1ccc(NC(=O)CCC2CCCO2)cc1C#CCN. The summed E-state index contributed by atoms with van der Waals surface area (Å²) in [5.74, 6) is 5.87. The molecule has 1 fully saturated rings. The van der Waals surface area contributed by atoms with Gasteiger partial charge >= 0.3 is 0 Å². The van der Waals surface area contributed by atoms with Crippen molar-refractivity contribution >= 4 is 11.6 Å². The molecule has 1 amide bonds. The molecule has 2 rings (SSSR count). The van der Waals surface area contributed by atoms with Crippen molar-refractivity contribution in [2.24, 2.45) is 5.73 Å². The molecule has 4 nitrogen and oxygen atoms in total. The highest BCUT2D eigenvalue weighted by molar-refractivity contribution is 5.90. The average molecular weight is 286 g/mol. The zero-order valence-corrected chi connectivity index (χ0v) is 12.4. The van der Waals surface area contributed by atoms with E-state index in [9.17, 15) is 4.79 Å². The van der Waals surface area contributed by atoms with Crippen LogP contribution in [0.2, 0.25) is 0 Å². The molecule has 0 aliphatic carbocycles. The van der Waals surface area contributed by atoms with Crippen molar-refractivity contribution in [2.45, 2.75) is 38.7 Å². The van der Waals surface area contributed by atoms with E-state index in [1.165, 1.54) is 0 Å². The molecule has 0 saturated carbocycles. The second-order valence-electron chi connectivity index (χ2n) is 5.26. The minimum atomic E-state index is 0.0205. The maximum Gasteiger partial charge on any atom is 0.224 e. The number of rotatable bonds is 4. The number of carbonyl (C=O) groups is 1. The zero-order chi connectivity index (χ0) is 15.1. The Labute approximate surface area is 126 Å². The first-order valence-electron chi connectivity index (χ1n) is 7.40. The molecule has 0 radical (unpaired) electrons. The van der Waals surface area contributed by atoms with Gasteiger partial charge in [0.25, 0.3) is 0 Å². The largest absolute Gasteiger partial charge is 0.378 e. The van der Waals surface area contributed by atoms with Gasteiger partial charge in [0.1, 0.15) is 0 Å². The van der Waals surface area contributed by atoms with Crippen molar-refractivity contribution in [1.82, 2.24) is 0 Å². The van der Waals surface area contributed by atoms with Crippen LogP contribution < -0.4 is 11.1 Å². The number of amides is 1. The lowest BCUT2D eigenvalue weighted by atomic mass is 10.1. The molecule has 0 aromatic heterocycles. The van der Waals surface area contributed by atoms with Gasteiger partial charge in [-0.3, -0.25) is 4.79 Å². The Morgan fingerprint density at radius 3 is 3.10 bits per heavy atom. The summed E-state index contributed by atoms with van der Waals surface area (Å²) < 4.78 is 5.52. The standard InChI is InChI=1S/C17H22N2O2/c1-13-6-7-15(12-14(13)4-2-10-18)19-17(20)9-8-16-5-3-11-21-16/h6-7,12,16H,3,5,8-11,18H2,1H3,(H,19,20). The van der Waals surface area contributed by atoms with E-state index in [1.807, 2.05) is 25.1 Å². The van der Waals surface area contributed by atoms with Gasteiger partial charge in [0.2, 0.25) is 5.91 Å². The van der Waals surface area contributed by atoms with Gasteiger partial charge in [0, 0.05) is 24.3 Å². The van der Waals surface area contributed by atoms with E-state index in [0.29, 0.717) is 13.0 Å². The van der Waals surface area contributed by atoms with Crippen LogP contribution in [0.15, 0.2) is 18.2 Å². The monoisotopic (exact) mass is 286 g/mol. The molecule has 0 bridgehead atoms. The summed E-state index contributed by atoms with van der Waals surface area (Å²) in [5.41, 5.74) is 8.14. The van der Waals surface area contributed by atoms with E-state index >= 15 is 0 Å². The van der Waals surface area contributed by atoms with E-state index in [4.69, 9.17) is 10.5 Å². The molecule has 112 valence electrons. The van der Waals surface area contributed by atoms with Gasteiger partial charge in [-0.05, 0) is 43.9 Å². The van der Waals surface area contributed by atoms with Crippen LogP contribution in [0.3, 0.4) is 0 Å². The number of nitrogens with two attached hydrogens (primary N) is 1. The highest BCUT2D eigenvalue weighted by Crippen LogP contribution is 2.18. The molecule has 4 heteroatoms. The Morgan fingerprint density at radius 2 is 2.38 bits per heavy atom. The minimum absolute atomic E-state index is 0.0205. The van der Waals surface area contributed by atoms with Crippen LogP contribution in [0.1, 0.15) is 36.8 Å². The van der Waals surface area contributed by atoms with Crippen molar-refractivity contribution in [3.05, 3.63) is 29.3 Å². The van der Waals surface area contributed by atoms with Gasteiger partial charge in [-0.25, -0.2) is 0 Å². The van der Waals surface area contributed by atoms with Crippen molar-refractivity contribution < 1.29 is 9.53 Å². The van der Waals surface area contributed by atoms with Crippen LogP contribution in [-0.4, -0.2) is 25.2 Å². The lowest BCUT2D eigenvalue weighted by Gasteiger charge is -2.10. The number of nitrogens with one attached hydrogen (secondary N) is 1. The molecular formula is C17H22N2O2. The zero-order valence-electron chi connectivity index (χ0n) is 12.4. The fourth-order valence-electron chi connectivity index (χ4n) is 2.37. The van der Waals surface area contributed by atoms with Gasteiger partial charge in [0.05, 0.1) is 12.6 Å². The predicted molar refractivity (Wildman–Crippen MR) is 83.9 cm³/mol. The molecule has 1 aromatic rings. The number of hydrogen-bond donors (Lipinski definition) is 2. The van der Waals surface area contributed by atoms with E-state index in [-0.39, 0.29) is 12.0 Å². The second kappa shape index (κ2) is 7.82. The molecule has 1 aromatic carbocycles. The molecule has 1 unspecified atom stereocenters. The Kier molecular flexibility index (Phi) is 5.79. The third kappa shape index (κ3) is 4.89. The van der Waals surface area contributed by atoms with Crippen LogP contribution in [0, 0.1) is 18.8 Å². The first kappa shape index (κ1) is 15.6. The lowest BCUT2D eigenvalue weighted by Crippen LogP contribution is -2.15. The summed E-state index contributed by atoms with van der Waals surface area (Å²) in [5, 5.41) is 2.92. The van der Waals surface area contributed by atoms with Crippen molar-refractivity contribution in [2.75, 3.05) is 18.5 Å². The Bertz CT molecular complexity index is 552. The summed E-state index contributed by atoms with van der Waals surface area (Å²) in [4.78, 5) is 12.0. The van der Waals surface area contributed by atoms with E-state index < -0.39 is 0 Å². The van der Waals surface area contributed by atoms with E-state index in [1.54, 1.807) is 0 Å². The number of benzene rings is 1. The summed E-state index contributed by atoms with van der Waals surface area (Å²) >= 11 is 0. The third-order valence-corrected chi connectivity index (χ3v) is 3.56. The summed E-state index contributed by atoms with van der Waals surface area (Å²) in [6.07, 6.45) is 3.70. The van der Waals surface area contributed by atoms with Gasteiger partial charge in [-0.1, -0.05) is 17.9 Å². The van der Waals surface area contributed by atoms with Crippen LogP contribution in [0.25, 0.3) is 0 Å². The molecule has 1 heterocycles. The van der Waals surface area contributed by atoms with Crippen molar-refractivity contribution in [1.29, 1.82) is 0 Å². The number of anilines is 1. The van der Waals surface area contributed by atoms with Crippen molar-refractivity contribution in [3.63, 3.8) is 0 Å². The number of carbonyl (C=O) groups excluding carboxylic acids is 1. The van der Waals surface area contributed by atoms with E-state index in [0.717, 1.165) is 42.7 Å².